The van der Waals surface area contributed by atoms with Crippen molar-refractivity contribution >= 4 is 11.8 Å². The van der Waals surface area contributed by atoms with Crippen LogP contribution >= 0.6 is 0 Å². The van der Waals surface area contributed by atoms with Crippen LogP contribution in [0.2, 0.25) is 0 Å². The van der Waals surface area contributed by atoms with Crippen LogP contribution in [0.4, 0.5) is 0 Å². The first-order chi connectivity index (χ1) is 13.6. The SMILES string of the molecule is CCCC(=O)N1CCc2c(c[nH]c(=O)c2C(=O)N2CCN3CCOCC3C2)C1. The number of hydrogen-bond acceptors (Lipinski definition) is 5. The van der Waals surface area contributed by atoms with E-state index in [-0.39, 0.29) is 29.0 Å². The second kappa shape index (κ2) is 8.05. The van der Waals surface area contributed by atoms with Gasteiger partial charge in [-0.25, -0.2) is 0 Å². The molecule has 4 heterocycles. The number of piperazine rings is 1. The molecule has 0 spiro atoms. The van der Waals surface area contributed by atoms with E-state index in [1.165, 1.54) is 0 Å². The number of nitrogens with zero attached hydrogens (tertiary/aromatic N) is 3. The molecule has 0 radical (unpaired) electrons. The normalized spacial score (nSPS) is 22.5. The van der Waals surface area contributed by atoms with E-state index in [0.29, 0.717) is 45.6 Å². The molecule has 0 aliphatic carbocycles. The molecule has 1 aromatic rings. The minimum absolute atomic E-state index is 0.126. The zero-order chi connectivity index (χ0) is 19.7. The number of morpholine rings is 1. The summed E-state index contributed by atoms with van der Waals surface area (Å²) >= 11 is 0. The van der Waals surface area contributed by atoms with E-state index in [4.69, 9.17) is 4.74 Å². The third-order valence-corrected chi connectivity index (χ3v) is 6.04. The van der Waals surface area contributed by atoms with Crippen LogP contribution in [0, 0.1) is 0 Å². The number of rotatable bonds is 3. The van der Waals surface area contributed by atoms with E-state index in [2.05, 4.69) is 9.88 Å². The van der Waals surface area contributed by atoms with Crippen molar-refractivity contribution < 1.29 is 14.3 Å². The summed E-state index contributed by atoms with van der Waals surface area (Å²) in [5.74, 6) is -0.0719. The Balaban J connectivity index is 1.55. The highest BCUT2D eigenvalue weighted by atomic mass is 16.5. The zero-order valence-electron chi connectivity index (χ0n) is 16.4. The van der Waals surface area contributed by atoms with Crippen molar-refractivity contribution in [3.63, 3.8) is 0 Å². The highest BCUT2D eigenvalue weighted by Gasteiger charge is 2.34. The number of carbonyl (C=O) groups excluding carboxylic acids is 2. The third kappa shape index (κ3) is 3.58. The molecule has 1 atom stereocenters. The molecular formula is C20H28N4O4. The number of fused-ring (bicyclic) bond motifs is 2. The fraction of sp³-hybridized carbons (Fsp3) is 0.650. The largest absolute Gasteiger partial charge is 0.378 e. The van der Waals surface area contributed by atoms with Gasteiger partial charge in [0.2, 0.25) is 5.91 Å². The number of hydrogen-bond donors (Lipinski definition) is 1. The number of aromatic amines is 1. The smallest absolute Gasteiger partial charge is 0.261 e. The lowest BCUT2D eigenvalue weighted by Crippen LogP contribution is -2.59. The summed E-state index contributed by atoms with van der Waals surface area (Å²) in [6, 6.07) is 0.201. The Morgan fingerprint density at radius 2 is 2.07 bits per heavy atom. The first kappa shape index (κ1) is 19.1. The summed E-state index contributed by atoms with van der Waals surface area (Å²) in [4.78, 5) is 46.7. The molecule has 2 fully saturated rings. The van der Waals surface area contributed by atoms with E-state index in [1.54, 1.807) is 11.1 Å². The Kier molecular flexibility index (Phi) is 5.50. The summed E-state index contributed by atoms with van der Waals surface area (Å²) in [5, 5.41) is 0. The average molecular weight is 388 g/mol. The van der Waals surface area contributed by atoms with Crippen LogP contribution in [0.15, 0.2) is 11.0 Å². The minimum atomic E-state index is -0.334. The van der Waals surface area contributed by atoms with Gasteiger partial charge in [-0.15, -0.1) is 0 Å². The maximum absolute atomic E-state index is 13.3. The van der Waals surface area contributed by atoms with Gasteiger partial charge in [0.05, 0.1) is 19.3 Å². The second-order valence-electron chi connectivity index (χ2n) is 7.83. The van der Waals surface area contributed by atoms with E-state index in [0.717, 1.165) is 37.2 Å². The van der Waals surface area contributed by atoms with Crippen LogP contribution in [0.5, 0.6) is 0 Å². The molecule has 0 aromatic carbocycles. The lowest BCUT2D eigenvalue weighted by Gasteiger charge is -2.43. The molecule has 4 rings (SSSR count). The summed E-state index contributed by atoms with van der Waals surface area (Å²) in [7, 11) is 0. The Hall–Kier alpha value is -2.19. The molecule has 1 aromatic heterocycles. The van der Waals surface area contributed by atoms with Crippen LogP contribution < -0.4 is 5.56 Å². The number of ether oxygens (including phenoxy) is 1. The van der Waals surface area contributed by atoms with Gasteiger partial charge in [0, 0.05) is 51.9 Å². The predicted octanol–water partition coefficient (Wildman–Crippen LogP) is 0.216. The Morgan fingerprint density at radius 3 is 2.89 bits per heavy atom. The minimum Gasteiger partial charge on any atom is -0.378 e. The van der Waals surface area contributed by atoms with Crippen molar-refractivity contribution in [1.82, 2.24) is 19.7 Å². The van der Waals surface area contributed by atoms with Crippen LogP contribution in [-0.4, -0.2) is 83.5 Å². The Labute approximate surface area is 164 Å². The van der Waals surface area contributed by atoms with Crippen molar-refractivity contribution in [2.24, 2.45) is 0 Å². The first-order valence-corrected chi connectivity index (χ1v) is 10.2. The van der Waals surface area contributed by atoms with Gasteiger partial charge in [0.25, 0.3) is 11.5 Å². The molecular weight excluding hydrogens is 360 g/mol. The molecule has 0 bridgehead atoms. The van der Waals surface area contributed by atoms with Crippen molar-refractivity contribution in [2.75, 3.05) is 45.9 Å². The standard InChI is InChI=1S/C20H28N4O4/c1-2-3-17(25)23-5-4-16-14(11-23)10-21-19(26)18(16)20(27)24-7-6-22-8-9-28-13-15(22)12-24/h10,15H,2-9,11-13H2,1H3,(H,21,26). The number of amides is 2. The molecule has 3 aliphatic rings. The number of pyridine rings is 1. The van der Waals surface area contributed by atoms with Crippen LogP contribution in [0.3, 0.4) is 0 Å². The third-order valence-electron chi connectivity index (χ3n) is 6.04. The van der Waals surface area contributed by atoms with Crippen molar-refractivity contribution in [3.8, 4) is 0 Å². The fourth-order valence-electron chi connectivity index (χ4n) is 4.47. The summed E-state index contributed by atoms with van der Waals surface area (Å²) in [5.41, 5.74) is 1.60. The van der Waals surface area contributed by atoms with Gasteiger partial charge in [-0.3, -0.25) is 19.3 Å². The first-order valence-electron chi connectivity index (χ1n) is 10.2. The maximum atomic E-state index is 13.3. The molecule has 1 unspecified atom stereocenters. The second-order valence-corrected chi connectivity index (χ2v) is 7.83. The van der Waals surface area contributed by atoms with Gasteiger partial charge in [-0.2, -0.15) is 0 Å². The van der Waals surface area contributed by atoms with E-state index >= 15 is 0 Å². The molecule has 3 aliphatic heterocycles. The van der Waals surface area contributed by atoms with Gasteiger partial charge >= 0.3 is 0 Å². The molecule has 8 heteroatoms. The predicted molar refractivity (Wildman–Crippen MR) is 103 cm³/mol. The van der Waals surface area contributed by atoms with Gasteiger partial charge in [0.1, 0.15) is 5.56 Å². The highest BCUT2D eigenvalue weighted by Crippen LogP contribution is 2.23. The quantitative estimate of drug-likeness (QED) is 0.800. The topological polar surface area (TPSA) is 86.0 Å². The van der Waals surface area contributed by atoms with Crippen molar-refractivity contribution in [3.05, 3.63) is 33.2 Å². The van der Waals surface area contributed by atoms with Gasteiger partial charge in [-0.05, 0) is 24.0 Å². The molecule has 152 valence electrons. The number of H-pyrrole nitrogens is 1. The average Bonchev–Trinajstić information content (AvgIpc) is 2.72. The number of nitrogens with one attached hydrogen (secondary N) is 1. The van der Waals surface area contributed by atoms with E-state index in [1.807, 2.05) is 11.8 Å². The summed E-state index contributed by atoms with van der Waals surface area (Å²) in [6.45, 7) is 7.28. The molecule has 2 amide bonds. The summed E-state index contributed by atoms with van der Waals surface area (Å²) < 4.78 is 5.56. The monoisotopic (exact) mass is 388 g/mol. The van der Waals surface area contributed by atoms with E-state index < -0.39 is 0 Å². The van der Waals surface area contributed by atoms with Gasteiger partial charge in [0.15, 0.2) is 0 Å². The number of carbonyl (C=O) groups is 2. The lowest BCUT2D eigenvalue weighted by atomic mass is 9.95. The Bertz CT molecular complexity index is 821. The van der Waals surface area contributed by atoms with Gasteiger partial charge in [-0.1, -0.05) is 6.92 Å². The van der Waals surface area contributed by atoms with E-state index in [9.17, 15) is 14.4 Å². The Morgan fingerprint density at radius 1 is 1.21 bits per heavy atom. The van der Waals surface area contributed by atoms with Crippen LogP contribution in [0.25, 0.3) is 0 Å². The molecule has 2 saturated heterocycles. The summed E-state index contributed by atoms with van der Waals surface area (Å²) in [6.07, 6.45) is 3.54. The van der Waals surface area contributed by atoms with Crippen LogP contribution in [0.1, 0.15) is 41.3 Å². The zero-order valence-corrected chi connectivity index (χ0v) is 16.4. The lowest BCUT2D eigenvalue weighted by molar-refractivity contribution is -0.132. The molecule has 28 heavy (non-hydrogen) atoms. The molecule has 8 nitrogen and oxygen atoms in total. The fourth-order valence-corrected chi connectivity index (χ4v) is 4.47. The number of aromatic nitrogens is 1. The van der Waals surface area contributed by atoms with Crippen molar-refractivity contribution in [1.29, 1.82) is 0 Å². The van der Waals surface area contributed by atoms with Crippen molar-refractivity contribution in [2.45, 2.75) is 38.8 Å². The maximum Gasteiger partial charge on any atom is 0.261 e. The highest BCUT2D eigenvalue weighted by molar-refractivity contribution is 5.96. The van der Waals surface area contributed by atoms with Crippen LogP contribution in [-0.2, 0) is 22.5 Å². The van der Waals surface area contributed by atoms with Gasteiger partial charge < -0.3 is 19.5 Å². The molecule has 0 saturated carbocycles. The molecule has 1 N–H and O–H groups in total.